The van der Waals surface area contributed by atoms with Crippen molar-refractivity contribution in [2.24, 2.45) is 11.8 Å². The van der Waals surface area contributed by atoms with Gasteiger partial charge in [0.2, 0.25) is 5.91 Å². The molecule has 1 aromatic carbocycles. The van der Waals surface area contributed by atoms with E-state index in [9.17, 15) is 9.59 Å². The number of piperidine rings is 1. The Morgan fingerprint density at radius 2 is 1.90 bits per heavy atom. The van der Waals surface area contributed by atoms with Crippen LogP contribution >= 0.6 is 11.3 Å². The molecule has 0 spiro atoms. The molecule has 1 fully saturated rings. The number of carbonyl (C=O) groups is 1. The minimum atomic E-state index is -0.143. The van der Waals surface area contributed by atoms with Gasteiger partial charge in [0.25, 0.3) is 5.56 Å². The van der Waals surface area contributed by atoms with Crippen LogP contribution in [-0.2, 0) is 11.3 Å². The lowest BCUT2D eigenvalue weighted by atomic mass is 9.92. The van der Waals surface area contributed by atoms with Crippen LogP contribution in [0.1, 0.15) is 31.4 Å². The molecule has 5 nitrogen and oxygen atoms in total. The van der Waals surface area contributed by atoms with Gasteiger partial charge in [-0.2, -0.15) is 0 Å². The molecule has 0 saturated carbocycles. The molecule has 3 aromatic rings. The Morgan fingerprint density at radius 3 is 2.59 bits per heavy atom. The fourth-order valence-corrected chi connectivity index (χ4v) is 5.22. The maximum absolute atomic E-state index is 13.2. The van der Waals surface area contributed by atoms with Gasteiger partial charge in [-0.05, 0) is 48.8 Å². The predicted molar refractivity (Wildman–Crippen MR) is 118 cm³/mol. The van der Waals surface area contributed by atoms with Gasteiger partial charge in [0, 0.05) is 24.0 Å². The molecule has 29 heavy (non-hydrogen) atoms. The van der Waals surface area contributed by atoms with E-state index < -0.39 is 0 Å². The standard InChI is InChI=1S/C23H27N3O2S/c1-14-7-15(2)10-25(9-14)20(27)11-26-13-24-22-21(23(26)28)19(12-29-22)18-6-5-16(3)17(4)8-18/h5-6,8,12-15H,7,9-11H2,1-4H3/t14-,15-/m1/s1. The van der Waals surface area contributed by atoms with Gasteiger partial charge in [0.1, 0.15) is 11.4 Å². The van der Waals surface area contributed by atoms with Crippen molar-refractivity contribution >= 4 is 27.5 Å². The summed E-state index contributed by atoms with van der Waals surface area (Å²) in [5.41, 5.74) is 4.18. The van der Waals surface area contributed by atoms with Crippen LogP contribution in [0.25, 0.3) is 21.3 Å². The summed E-state index contributed by atoms with van der Waals surface area (Å²) in [5, 5.41) is 2.59. The van der Waals surface area contributed by atoms with Gasteiger partial charge in [-0.25, -0.2) is 4.98 Å². The molecule has 2 atom stereocenters. The molecule has 0 radical (unpaired) electrons. The van der Waals surface area contributed by atoms with E-state index in [1.54, 1.807) is 0 Å². The molecule has 1 aliphatic rings. The van der Waals surface area contributed by atoms with E-state index in [0.717, 1.165) is 30.6 Å². The Balaban J connectivity index is 1.68. The first-order valence-corrected chi connectivity index (χ1v) is 11.0. The number of fused-ring (bicyclic) bond motifs is 1. The lowest BCUT2D eigenvalue weighted by molar-refractivity contribution is -0.134. The molecule has 0 unspecified atom stereocenters. The molecule has 2 aromatic heterocycles. The number of aryl methyl sites for hydroxylation is 2. The van der Waals surface area contributed by atoms with Crippen LogP contribution in [0.15, 0.2) is 34.7 Å². The quantitative estimate of drug-likeness (QED) is 0.650. The van der Waals surface area contributed by atoms with Crippen LogP contribution in [0.5, 0.6) is 0 Å². The number of hydrogen-bond acceptors (Lipinski definition) is 4. The fourth-order valence-electron chi connectivity index (χ4n) is 4.31. The monoisotopic (exact) mass is 409 g/mol. The topological polar surface area (TPSA) is 55.2 Å². The first kappa shape index (κ1) is 19.8. The van der Waals surface area contributed by atoms with Gasteiger partial charge in [0.05, 0.1) is 11.7 Å². The molecule has 0 aliphatic carbocycles. The molecule has 6 heteroatoms. The first-order valence-electron chi connectivity index (χ1n) is 10.2. The van der Waals surface area contributed by atoms with Crippen molar-refractivity contribution in [3.05, 3.63) is 51.4 Å². The number of rotatable bonds is 3. The maximum Gasteiger partial charge on any atom is 0.263 e. The van der Waals surface area contributed by atoms with Crippen LogP contribution in [-0.4, -0.2) is 33.4 Å². The summed E-state index contributed by atoms with van der Waals surface area (Å²) in [7, 11) is 0. The summed E-state index contributed by atoms with van der Waals surface area (Å²) in [6.07, 6.45) is 2.66. The van der Waals surface area contributed by atoms with Gasteiger partial charge < -0.3 is 4.90 Å². The molecule has 0 N–H and O–H groups in total. The van der Waals surface area contributed by atoms with Crippen molar-refractivity contribution in [1.82, 2.24) is 14.5 Å². The van der Waals surface area contributed by atoms with Gasteiger partial charge >= 0.3 is 0 Å². The van der Waals surface area contributed by atoms with E-state index in [0.29, 0.717) is 22.1 Å². The summed E-state index contributed by atoms with van der Waals surface area (Å²) < 4.78 is 1.46. The van der Waals surface area contributed by atoms with Crippen molar-refractivity contribution in [2.45, 2.75) is 40.7 Å². The third-order valence-electron chi connectivity index (χ3n) is 5.91. The normalized spacial score (nSPS) is 19.7. The highest BCUT2D eigenvalue weighted by molar-refractivity contribution is 7.17. The number of thiophene rings is 1. The van der Waals surface area contributed by atoms with Crippen molar-refractivity contribution in [3.63, 3.8) is 0 Å². The summed E-state index contributed by atoms with van der Waals surface area (Å²) in [4.78, 5) is 33.2. The fraction of sp³-hybridized carbons (Fsp3) is 0.435. The second-order valence-corrected chi connectivity index (χ2v) is 9.41. The molecule has 0 bridgehead atoms. The van der Waals surface area contributed by atoms with Crippen LogP contribution in [0.2, 0.25) is 0 Å². The van der Waals surface area contributed by atoms with Gasteiger partial charge in [-0.3, -0.25) is 14.2 Å². The molecule has 4 rings (SSSR count). The van der Waals surface area contributed by atoms with E-state index in [2.05, 4.69) is 44.8 Å². The molecule has 1 saturated heterocycles. The second-order valence-electron chi connectivity index (χ2n) is 8.55. The Bertz CT molecular complexity index is 1120. The average molecular weight is 410 g/mol. The number of nitrogens with zero attached hydrogens (tertiary/aromatic N) is 3. The molecule has 3 heterocycles. The highest BCUT2D eigenvalue weighted by Gasteiger charge is 2.26. The molecular weight excluding hydrogens is 382 g/mol. The zero-order chi connectivity index (χ0) is 20.7. The number of likely N-dealkylation sites (tertiary alicyclic amines) is 1. The van der Waals surface area contributed by atoms with Crippen molar-refractivity contribution < 1.29 is 4.79 Å². The van der Waals surface area contributed by atoms with Crippen LogP contribution in [0.4, 0.5) is 0 Å². The summed E-state index contributed by atoms with van der Waals surface area (Å²) in [6.45, 7) is 10.1. The number of hydrogen-bond donors (Lipinski definition) is 0. The number of aromatic nitrogens is 2. The predicted octanol–water partition coefficient (Wildman–Crippen LogP) is 4.25. The Kier molecular flexibility index (Phi) is 5.30. The lowest BCUT2D eigenvalue weighted by Gasteiger charge is -2.35. The number of benzene rings is 1. The molecular formula is C23H27N3O2S. The Hall–Kier alpha value is -2.47. The zero-order valence-electron chi connectivity index (χ0n) is 17.4. The minimum absolute atomic E-state index is 0.00499. The zero-order valence-corrected chi connectivity index (χ0v) is 18.3. The first-order chi connectivity index (χ1) is 13.8. The lowest BCUT2D eigenvalue weighted by Crippen LogP contribution is -2.44. The molecule has 1 aliphatic heterocycles. The summed E-state index contributed by atoms with van der Waals surface area (Å²) in [5.74, 6) is 0.983. The Labute approximate surface area is 175 Å². The van der Waals surface area contributed by atoms with Crippen molar-refractivity contribution in [2.75, 3.05) is 13.1 Å². The van der Waals surface area contributed by atoms with Crippen LogP contribution in [0.3, 0.4) is 0 Å². The van der Waals surface area contributed by atoms with Gasteiger partial charge in [-0.15, -0.1) is 11.3 Å². The van der Waals surface area contributed by atoms with Crippen molar-refractivity contribution in [1.29, 1.82) is 0 Å². The highest BCUT2D eigenvalue weighted by atomic mass is 32.1. The summed E-state index contributed by atoms with van der Waals surface area (Å²) in [6, 6.07) is 6.23. The van der Waals surface area contributed by atoms with E-state index in [4.69, 9.17) is 0 Å². The summed E-state index contributed by atoms with van der Waals surface area (Å²) >= 11 is 1.47. The van der Waals surface area contributed by atoms with E-state index in [-0.39, 0.29) is 18.0 Å². The molecule has 1 amide bonds. The number of carbonyl (C=O) groups excluding carboxylic acids is 1. The van der Waals surface area contributed by atoms with E-state index >= 15 is 0 Å². The minimum Gasteiger partial charge on any atom is -0.341 e. The van der Waals surface area contributed by atoms with E-state index in [1.165, 1.54) is 33.4 Å². The van der Waals surface area contributed by atoms with Crippen molar-refractivity contribution in [3.8, 4) is 11.1 Å². The third-order valence-corrected chi connectivity index (χ3v) is 6.79. The number of amides is 1. The Morgan fingerprint density at radius 1 is 1.17 bits per heavy atom. The average Bonchev–Trinajstić information content (AvgIpc) is 3.10. The van der Waals surface area contributed by atoms with Gasteiger partial charge in [0.15, 0.2) is 0 Å². The van der Waals surface area contributed by atoms with Gasteiger partial charge in [-0.1, -0.05) is 32.0 Å². The van der Waals surface area contributed by atoms with Crippen LogP contribution in [0, 0.1) is 25.7 Å². The van der Waals surface area contributed by atoms with E-state index in [1.807, 2.05) is 16.3 Å². The third kappa shape index (κ3) is 3.86. The SMILES string of the molecule is Cc1ccc(-c2csc3ncn(CC(=O)N4C[C@H](C)C[C@@H](C)C4)c(=O)c23)cc1C. The molecule has 152 valence electrons. The second kappa shape index (κ2) is 7.75. The smallest absolute Gasteiger partial charge is 0.263 e. The van der Waals surface area contributed by atoms with Crippen LogP contribution < -0.4 is 5.56 Å². The highest BCUT2D eigenvalue weighted by Crippen LogP contribution is 2.31. The maximum atomic E-state index is 13.2. The largest absolute Gasteiger partial charge is 0.341 e.